The molecular weight excluding hydrogens is 274 g/mol. The number of aliphatic hydroxyl groups is 1. The molecule has 2 unspecified atom stereocenters. The predicted molar refractivity (Wildman–Crippen MR) is 77.2 cm³/mol. The Morgan fingerprint density at radius 1 is 1.57 bits per heavy atom. The SMILES string of the molecule is CC1CCN(C(=O)c2cc([N+](=O)[O-])cn2C(C)C)C1CO. The Hall–Kier alpha value is -1.89. The van der Waals surface area contributed by atoms with Crippen molar-refractivity contribution in [3.05, 3.63) is 28.1 Å². The molecule has 2 rings (SSSR count). The van der Waals surface area contributed by atoms with Crippen LogP contribution in [-0.4, -0.2) is 44.6 Å². The second kappa shape index (κ2) is 5.85. The summed E-state index contributed by atoms with van der Waals surface area (Å²) in [5, 5.41) is 20.4. The number of rotatable bonds is 4. The van der Waals surface area contributed by atoms with Gasteiger partial charge in [-0.25, -0.2) is 0 Å². The van der Waals surface area contributed by atoms with Crippen LogP contribution in [0.4, 0.5) is 5.69 Å². The topological polar surface area (TPSA) is 88.6 Å². The molecule has 1 saturated heterocycles. The van der Waals surface area contributed by atoms with Gasteiger partial charge in [0.1, 0.15) is 5.69 Å². The van der Waals surface area contributed by atoms with Gasteiger partial charge in [-0.05, 0) is 26.2 Å². The van der Waals surface area contributed by atoms with E-state index in [9.17, 15) is 20.0 Å². The highest BCUT2D eigenvalue weighted by Crippen LogP contribution is 2.28. The summed E-state index contributed by atoms with van der Waals surface area (Å²) >= 11 is 0. The normalized spacial score (nSPS) is 22.0. The van der Waals surface area contributed by atoms with Crippen LogP contribution in [0.5, 0.6) is 0 Å². The standard InChI is InChI=1S/C14H21N3O4/c1-9(2)16-7-11(17(20)21)6-12(16)14(19)15-5-4-10(3)13(15)8-18/h6-7,9-10,13,18H,4-5,8H2,1-3H3. The molecule has 21 heavy (non-hydrogen) atoms. The number of hydrogen-bond donors (Lipinski definition) is 1. The van der Waals surface area contributed by atoms with Crippen LogP contribution in [0, 0.1) is 16.0 Å². The van der Waals surface area contributed by atoms with Gasteiger partial charge in [0.2, 0.25) is 0 Å². The zero-order chi connectivity index (χ0) is 15.7. The summed E-state index contributed by atoms with van der Waals surface area (Å²) in [5.41, 5.74) is 0.226. The molecule has 1 aromatic rings. The fourth-order valence-electron chi connectivity index (χ4n) is 2.85. The predicted octanol–water partition coefficient (Wildman–Crippen LogP) is 1.82. The number of carbonyl (C=O) groups excluding carboxylic acids is 1. The molecule has 0 aromatic carbocycles. The van der Waals surface area contributed by atoms with Gasteiger partial charge in [0.25, 0.3) is 11.6 Å². The lowest BCUT2D eigenvalue weighted by molar-refractivity contribution is -0.384. The Kier molecular flexibility index (Phi) is 4.32. The molecule has 1 aliphatic rings. The Morgan fingerprint density at radius 3 is 2.76 bits per heavy atom. The van der Waals surface area contributed by atoms with E-state index in [2.05, 4.69) is 0 Å². The summed E-state index contributed by atoms with van der Waals surface area (Å²) in [6.45, 7) is 6.23. The van der Waals surface area contributed by atoms with E-state index in [1.165, 1.54) is 12.3 Å². The van der Waals surface area contributed by atoms with E-state index in [0.29, 0.717) is 12.2 Å². The van der Waals surface area contributed by atoms with Crippen LogP contribution in [0.25, 0.3) is 0 Å². The van der Waals surface area contributed by atoms with E-state index in [1.54, 1.807) is 9.47 Å². The fraction of sp³-hybridized carbons (Fsp3) is 0.643. The van der Waals surface area contributed by atoms with E-state index in [1.807, 2.05) is 20.8 Å². The maximum absolute atomic E-state index is 12.7. The van der Waals surface area contributed by atoms with Crippen LogP contribution in [0.15, 0.2) is 12.3 Å². The van der Waals surface area contributed by atoms with Crippen molar-refractivity contribution < 1.29 is 14.8 Å². The highest BCUT2D eigenvalue weighted by molar-refractivity contribution is 5.94. The van der Waals surface area contributed by atoms with Gasteiger partial charge in [-0.15, -0.1) is 0 Å². The summed E-state index contributed by atoms with van der Waals surface area (Å²) in [5.74, 6) is -0.0170. The van der Waals surface area contributed by atoms with Gasteiger partial charge in [0.05, 0.1) is 23.8 Å². The number of hydrogen-bond acceptors (Lipinski definition) is 4. The lowest BCUT2D eigenvalue weighted by Crippen LogP contribution is -2.40. The third kappa shape index (κ3) is 2.78. The summed E-state index contributed by atoms with van der Waals surface area (Å²) < 4.78 is 1.62. The Morgan fingerprint density at radius 2 is 2.24 bits per heavy atom. The summed E-state index contributed by atoms with van der Waals surface area (Å²) in [7, 11) is 0. The molecule has 0 bridgehead atoms. The van der Waals surface area contributed by atoms with Crippen molar-refractivity contribution in [1.29, 1.82) is 0 Å². The Labute approximate surface area is 123 Å². The average Bonchev–Trinajstić information content (AvgIpc) is 3.01. The molecule has 1 amide bonds. The van der Waals surface area contributed by atoms with Crippen LogP contribution >= 0.6 is 0 Å². The van der Waals surface area contributed by atoms with Crippen molar-refractivity contribution >= 4 is 11.6 Å². The molecule has 1 N–H and O–H groups in total. The van der Waals surface area contributed by atoms with Gasteiger partial charge in [-0.1, -0.05) is 6.92 Å². The molecule has 2 heterocycles. The largest absolute Gasteiger partial charge is 0.394 e. The Balaban J connectivity index is 2.36. The molecule has 7 heteroatoms. The van der Waals surface area contributed by atoms with Crippen molar-refractivity contribution in [1.82, 2.24) is 9.47 Å². The Bertz CT molecular complexity index is 552. The lowest BCUT2D eigenvalue weighted by atomic mass is 10.0. The fourth-order valence-corrected chi connectivity index (χ4v) is 2.85. The van der Waals surface area contributed by atoms with Crippen LogP contribution in [-0.2, 0) is 0 Å². The van der Waals surface area contributed by atoms with Gasteiger partial charge in [0.15, 0.2) is 0 Å². The van der Waals surface area contributed by atoms with Gasteiger partial charge in [0, 0.05) is 18.7 Å². The minimum absolute atomic E-state index is 0.0507. The third-order valence-electron chi connectivity index (χ3n) is 4.15. The average molecular weight is 295 g/mol. The number of carbonyl (C=O) groups is 1. The van der Waals surface area contributed by atoms with Crippen molar-refractivity contribution in [3.8, 4) is 0 Å². The molecule has 7 nitrogen and oxygen atoms in total. The lowest BCUT2D eigenvalue weighted by Gasteiger charge is -2.26. The number of aliphatic hydroxyl groups excluding tert-OH is 1. The van der Waals surface area contributed by atoms with Gasteiger partial charge < -0.3 is 14.6 Å². The molecule has 2 atom stereocenters. The van der Waals surface area contributed by atoms with E-state index in [0.717, 1.165) is 6.42 Å². The zero-order valence-electron chi connectivity index (χ0n) is 12.5. The van der Waals surface area contributed by atoms with Crippen LogP contribution in [0.3, 0.4) is 0 Å². The molecule has 0 saturated carbocycles. The number of nitrogens with zero attached hydrogens (tertiary/aromatic N) is 3. The maximum atomic E-state index is 12.7. The van der Waals surface area contributed by atoms with Crippen molar-refractivity contribution in [3.63, 3.8) is 0 Å². The van der Waals surface area contributed by atoms with Crippen LogP contribution in [0.2, 0.25) is 0 Å². The molecule has 1 aliphatic heterocycles. The first kappa shape index (κ1) is 15.5. The summed E-state index contributed by atoms with van der Waals surface area (Å²) in [6.07, 6.45) is 2.23. The highest BCUT2D eigenvalue weighted by Gasteiger charge is 2.36. The van der Waals surface area contributed by atoms with Gasteiger partial charge in [-0.3, -0.25) is 14.9 Å². The van der Waals surface area contributed by atoms with Crippen molar-refractivity contribution in [2.24, 2.45) is 5.92 Å². The van der Waals surface area contributed by atoms with Crippen molar-refractivity contribution in [2.75, 3.05) is 13.2 Å². The third-order valence-corrected chi connectivity index (χ3v) is 4.15. The molecule has 0 aliphatic carbocycles. The molecule has 1 aromatic heterocycles. The van der Waals surface area contributed by atoms with E-state index in [-0.39, 0.29) is 36.2 Å². The first-order valence-electron chi connectivity index (χ1n) is 7.15. The number of likely N-dealkylation sites (tertiary alicyclic amines) is 1. The number of aromatic nitrogens is 1. The van der Waals surface area contributed by atoms with Gasteiger partial charge >= 0.3 is 0 Å². The molecule has 0 radical (unpaired) electrons. The first-order valence-corrected chi connectivity index (χ1v) is 7.15. The second-order valence-electron chi connectivity index (χ2n) is 5.86. The van der Waals surface area contributed by atoms with Crippen LogP contribution < -0.4 is 0 Å². The summed E-state index contributed by atoms with van der Waals surface area (Å²) in [6, 6.07) is 1.05. The first-order chi connectivity index (χ1) is 9.86. The van der Waals surface area contributed by atoms with E-state index < -0.39 is 4.92 Å². The summed E-state index contributed by atoms with van der Waals surface area (Å²) in [4.78, 5) is 24.8. The molecule has 0 spiro atoms. The highest BCUT2D eigenvalue weighted by atomic mass is 16.6. The number of amides is 1. The molecular formula is C14H21N3O4. The van der Waals surface area contributed by atoms with Crippen LogP contribution in [0.1, 0.15) is 43.7 Å². The molecule has 116 valence electrons. The number of nitro groups is 1. The van der Waals surface area contributed by atoms with E-state index in [4.69, 9.17) is 0 Å². The monoisotopic (exact) mass is 295 g/mol. The minimum atomic E-state index is -0.494. The molecule has 1 fully saturated rings. The minimum Gasteiger partial charge on any atom is -0.394 e. The van der Waals surface area contributed by atoms with E-state index >= 15 is 0 Å². The van der Waals surface area contributed by atoms with Gasteiger partial charge in [-0.2, -0.15) is 0 Å². The smallest absolute Gasteiger partial charge is 0.287 e. The van der Waals surface area contributed by atoms with Crippen molar-refractivity contribution in [2.45, 2.75) is 39.3 Å². The quantitative estimate of drug-likeness (QED) is 0.678. The second-order valence-corrected chi connectivity index (χ2v) is 5.86. The zero-order valence-corrected chi connectivity index (χ0v) is 12.5. The maximum Gasteiger partial charge on any atom is 0.287 e.